The van der Waals surface area contributed by atoms with Crippen LogP contribution in [0.2, 0.25) is 10.0 Å². The van der Waals surface area contributed by atoms with E-state index in [1.54, 1.807) is 0 Å². The average molecular weight is 355 g/mol. The van der Waals surface area contributed by atoms with E-state index in [1.807, 2.05) is 0 Å². The van der Waals surface area contributed by atoms with Crippen molar-refractivity contribution in [3.63, 3.8) is 0 Å². The first-order valence-corrected chi connectivity index (χ1v) is 10.3. The fourth-order valence-corrected chi connectivity index (χ4v) is 4.78. The Morgan fingerprint density at radius 2 is 1.57 bits per heavy atom. The molecule has 1 aromatic rings. The van der Waals surface area contributed by atoms with E-state index in [-0.39, 0.29) is 0 Å². The van der Waals surface area contributed by atoms with Crippen molar-refractivity contribution in [1.82, 2.24) is 0 Å². The van der Waals surface area contributed by atoms with Gasteiger partial charge >= 0.3 is 0 Å². The van der Waals surface area contributed by atoms with E-state index < -0.39 is 0 Å². The van der Waals surface area contributed by atoms with E-state index in [4.69, 9.17) is 23.2 Å². The fraction of sp³-hybridized carbons (Fsp3) is 0.714. The quantitative estimate of drug-likeness (QED) is 0.518. The van der Waals surface area contributed by atoms with Gasteiger partial charge in [0.1, 0.15) is 0 Å². The second-order valence-corrected chi connectivity index (χ2v) is 8.28. The van der Waals surface area contributed by atoms with Crippen LogP contribution in [0.1, 0.15) is 76.8 Å². The van der Waals surface area contributed by atoms with Crippen molar-refractivity contribution >= 4 is 23.2 Å². The average Bonchev–Trinajstić information content (AvgIpc) is 2.61. The molecule has 0 N–H and O–H groups in total. The van der Waals surface area contributed by atoms with E-state index in [9.17, 15) is 0 Å². The summed E-state index contributed by atoms with van der Waals surface area (Å²) < 4.78 is 0. The minimum atomic E-state index is 0.716. The number of hydrogen-bond acceptors (Lipinski definition) is 0. The minimum Gasteiger partial charge on any atom is -0.0840 e. The maximum absolute atomic E-state index is 6.55. The zero-order valence-electron chi connectivity index (χ0n) is 15.0. The molecule has 1 saturated carbocycles. The Morgan fingerprint density at radius 1 is 0.957 bits per heavy atom. The van der Waals surface area contributed by atoms with Gasteiger partial charge in [-0.15, -0.1) is 0 Å². The van der Waals surface area contributed by atoms with Crippen LogP contribution >= 0.6 is 23.2 Å². The lowest BCUT2D eigenvalue weighted by Gasteiger charge is -2.24. The Kier molecular flexibility index (Phi) is 7.76. The van der Waals surface area contributed by atoms with Gasteiger partial charge in [0, 0.05) is 10.0 Å². The summed E-state index contributed by atoms with van der Waals surface area (Å²) in [4.78, 5) is 0. The summed E-state index contributed by atoms with van der Waals surface area (Å²) >= 11 is 13.1. The normalized spacial score (nSPS) is 26.4. The van der Waals surface area contributed by atoms with Crippen molar-refractivity contribution < 1.29 is 0 Å². The van der Waals surface area contributed by atoms with Crippen molar-refractivity contribution in [3.8, 4) is 0 Å². The fourth-order valence-electron chi connectivity index (χ4n) is 4.09. The molecule has 1 aromatic carbocycles. The molecule has 0 bridgehead atoms. The third-order valence-electron chi connectivity index (χ3n) is 5.92. The molecule has 0 aromatic heterocycles. The summed E-state index contributed by atoms with van der Waals surface area (Å²) in [5.41, 5.74) is 2.41. The molecule has 0 saturated heterocycles. The number of halogens is 2. The number of benzene rings is 1. The molecule has 23 heavy (non-hydrogen) atoms. The van der Waals surface area contributed by atoms with Crippen LogP contribution in [0.4, 0.5) is 0 Å². The molecule has 2 heteroatoms. The summed E-state index contributed by atoms with van der Waals surface area (Å²) in [6, 6.07) is 4.21. The zero-order valence-corrected chi connectivity index (χ0v) is 16.5. The highest BCUT2D eigenvalue weighted by atomic mass is 35.5. The largest absolute Gasteiger partial charge is 0.0840 e. The molecule has 130 valence electrons. The van der Waals surface area contributed by atoms with Crippen molar-refractivity contribution in [2.75, 3.05) is 0 Å². The van der Waals surface area contributed by atoms with Gasteiger partial charge in [-0.3, -0.25) is 0 Å². The molecule has 0 heterocycles. The number of hydrogen-bond donors (Lipinski definition) is 0. The van der Waals surface area contributed by atoms with E-state index in [2.05, 4.69) is 32.9 Å². The van der Waals surface area contributed by atoms with Gasteiger partial charge in [0.25, 0.3) is 0 Å². The van der Waals surface area contributed by atoms with Gasteiger partial charge in [-0.1, -0.05) is 82.5 Å². The summed E-state index contributed by atoms with van der Waals surface area (Å²) in [6.45, 7) is 6.92. The molecule has 1 aliphatic carbocycles. The van der Waals surface area contributed by atoms with E-state index >= 15 is 0 Å². The maximum atomic E-state index is 6.55. The minimum absolute atomic E-state index is 0.716. The molecule has 2 rings (SSSR count). The van der Waals surface area contributed by atoms with Crippen LogP contribution in [0.25, 0.3) is 0 Å². The lowest BCUT2D eigenvalue weighted by Crippen LogP contribution is -2.15. The second kappa shape index (κ2) is 9.33. The molecule has 0 aliphatic heterocycles. The van der Waals surface area contributed by atoms with Crippen molar-refractivity contribution in [1.29, 1.82) is 0 Å². The van der Waals surface area contributed by atoms with Crippen LogP contribution in [0.5, 0.6) is 0 Å². The third kappa shape index (κ3) is 5.40. The Morgan fingerprint density at radius 3 is 2.13 bits per heavy atom. The van der Waals surface area contributed by atoms with Crippen LogP contribution in [-0.2, 0) is 12.8 Å². The lowest BCUT2D eigenvalue weighted by atomic mass is 9.82. The highest BCUT2D eigenvalue weighted by Crippen LogP contribution is 2.36. The van der Waals surface area contributed by atoms with Gasteiger partial charge in [0.05, 0.1) is 0 Å². The first kappa shape index (κ1) is 19.1. The summed E-state index contributed by atoms with van der Waals surface area (Å²) in [5.74, 6) is 2.42. The van der Waals surface area contributed by atoms with Crippen LogP contribution in [0, 0.1) is 17.8 Å². The first-order chi connectivity index (χ1) is 11.0. The predicted octanol–water partition coefficient (Wildman–Crippen LogP) is 7.73. The second-order valence-electron chi connectivity index (χ2n) is 7.47. The van der Waals surface area contributed by atoms with Gasteiger partial charge in [0.2, 0.25) is 0 Å². The standard InChI is InChI=1S/C21H32Cl2/c1-4-16-9-6-8-15(3)18(11-7-10-16)14-19-20(22)12-17(5-2)13-21(19)23/h12-13,15-16,18H,4-11,14H2,1-3H3. The van der Waals surface area contributed by atoms with Gasteiger partial charge in [-0.2, -0.15) is 0 Å². The van der Waals surface area contributed by atoms with E-state index in [1.165, 1.54) is 56.1 Å². The molecule has 3 unspecified atom stereocenters. The Labute approximate surface area is 153 Å². The smallest absolute Gasteiger partial charge is 0.0455 e. The van der Waals surface area contributed by atoms with Gasteiger partial charge in [0.15, 0.2) is 0 Å². The SMILES string of the molecule is CCc1cc(Cl)c(CC2CCCC(CC)CCCC2C)c(Cl)c1. The Balaban J connectivity index is 2.11. The molecule has 0 spiro atoms. The number of aryl methyl sites for hydroxylation is 1. The predicted molar refractivity (Wildman–Crippen MR) is 104 cm³/mol. The topological polar surface area (TPSA) is 0 Å². The van der Waals surface area contributed by atoms with Crippen LogP contribution in [-0.4, -0.2) is 0 Å². The van der Waals surface area contributed by atoms with Crippen molar-refractivity contribution in [2.24, 2.45) is 17.8 Å². The van der Waals surface area contributed by atoms with Gasteiger partial charge in [-0.25, -0.2) is 0 Å². The highest BCUT2D eigenvalue weighted by molar-refractivity contribution is 6.36. The van der Waals surface area contributed by atoms with E-state index in [0.29, 0.717) is 5.92 Å². The molecule has 0 amide bonds. The molecule has 3 atom stereocenters. The van der Waals surface area contributed by atoms with Crippen molar-refractivity contribution in [2.45, 2.75) is 78.6 Å². The highest BCUT2D eigenvalue weighted by Gasteiger charge is 2.23. The lowest BCUT2D eigenvalue weighted by molar-refractivity contribution is 0.311. The van der Waals surface area contributed by atoms with Crippen LogP contribution in [0.15, 0.2) is 12.1 Å². The first-order valence-electron chi connectivity index (χ1n) is 9.51. The molecule has 0 radical (unpaired) electrons. The van der Waals surface area contributed by atoms with Crippen molar-refractivity contribution in [3.05, 3.63) is 33.3 Å². The Bertz CT molecular complexity index is 472. The molecular formula is C21H32Cl2. The van der Waals surface area contributed by atoms with Gasteiger partial charge in [-0.05, 0) is 60.3 Å². The molecular weight excluding hydrogens is 323 g/mol. The maximum Gasteiger partial charge on any atom is 0.0455 e. The summed E-state index contributed by atoms with van der Waals surface area (Å²) in [5, 5.41) is 1.74. The monoisotopic (exact) mass is 354 g/mol. The summed E-state index contributed by atoms with van der Waals surface area (Å²) in [6.07, 6.45) is 11.6. The van der Waals surface area contributed by atoms with Gasteiger partial charge < -0.3 is 0 Å². The van der Waals surface area contributed by atoms with E-state index in [0.717, 1.165) is 34.7 Å². The third-order valence-corrected chi connectivity index (χ3v) is 6.59. The Hall–Kier alpha value is -0.200. The molecule has 1 fully saturated rings. The molecule has 1 aliphatic rings. The number of rotatable bonds is 4. The van der Waals surface area contributed by atoms with Crippen LogP contribution < -0.4 is 0 Å². The zero-order chi connectivity index (χ0) is 16.8. The molecule has 0 nitrogen and oxygen atoms in total. The van der Waals surface area contributed by atoms with Crippen LogP contribution in [0.3, 0.4) is 0 Å². The summed E-state index contributed by atoms with van der Waals surface area (Å²) in [7, 11) is 0.